The molecule has 0 bridgehead atoms. The van der Waals surface area contributed by atoms with Crippen LogP contribution in [0.15, 0.2) is 48.6 Å². The molecule has 0 saturated heterocycles. The van der Waals surface area contributed by atoms with Crippen LogP contribution >= 0.6 is 7.82 Å². The molecule has 0 saturated carbocycles. The number of esters is 1. The van der Waals surface area contributed by atoms with Gasteiger partial charge in [-0.2, -0.15) is 0 Å². The fourth-order valence-electron chi connectivity index (χ4n) is 6.37. The van der Waals surface area contributed by atoms with Gasteiger partial charge in [-0.3, -0.25) is 9.36 Å². The summed E-state index contributed by atoms with van der Waals surface area (Å²) >= 11 is 0. The molecule has 0 aromatic heterocycles. The summed E-state index contributed by atoms with van der Waals surface area (Å²) < 4.78 is 34.7. The van der Waals surface area contributed by atoms with Crippen LogP contribution in [0.5, 0.6) is 0 Å². The molecule has 0 aromatic rings. The summed E-state index contributed by atoms with van der Waals surface area (Å²) in [5.41, 5.74) is 0. The summed E-state index contributed by atoms with van der Waals surface area (Å²) in [6, 6.07) is 0. The molecule has 58 heavy (non-hydrogen) atoms. The molecule has 0 amide bonds. The van der Waals surface area contributed by atoms with Crippen molar-refractivity contribution in [1.29, 1.82) is 0 Å². The van der Waals surface area contributed by atoms with Crippen molar-refractivity contribution >= 4 is 13.8 Å². The smallest absolute Gasteiger partial charge is 0.306 e. The van der Waals surface area contributed by atoms with Crippen molar-refractivity contribution in [2.24, 2.45) is 0 Å². The first-order valence-electron chi connectivity index (χ1n) is 23.9. The number of quaternary nitrogens is 1. The minimum absolute atomic E-state index is 0.0215. The number of allylic oxidation sites excluding steroid dienone is 8. The van der Waals surface area contributed by atoms with E-state index in [1.54, 1.807) is 0 Å². The molecule has 2 unspecified atom stereocenters. The first kappa shape index (κ1) is 56.5. The molecule has 0 spiro atoms. The van der Waals surface area contributed by atoms with Crippen LogP contribution in [0.3, 0.4) is 0 Å². The Balaban J connectivity index is 4.20. The average molecular weight is 838 g/mol. The Morgan fingerprint density at radius 3 is 1.43 bits per heavy atom. The molecule has 9 heteroatoms. The second-order valence-electron chi connectivity index (χ2n) is 17.1. The third-order valence-electron chi connectivity index (χ3n) is 10.1. The molecule has 340 valence electrons. The molecule has 0 aliphatic rings. The molecule has 0 radical (unpaired) electrons. The summed E-state index contributed by atoms with van der Waals surface area (Å²) in [4.78, 5) is 25.1. The van der Waals surface area contributed by atoms with E-state index in [0.717, 1.165) is 64.2 Å². The summed E-state index contributed by atoms with van der Waals surface area (Å²) in [6.45, 7) is 5.35. The molecule has 0 aromatic carbocycles. The topological polar surface area (TPSA) is 94.1 Å². The number of rotatable bonds is 44. The van der Waals surface area contributed by atoms with E-state index in [9.17, 15) is 14.3 Å². The number of unbranched alkanes of at least 4 members (excludes halogenated alkanes) is 22. The van der Waals surface area contributed by atoms with Crippen LogP contribution < -0.4 is 4.89 Å². The fraction of sp³-hybridized carbons (Fsp3) is 0.816. The van der Waals surface area contributed by atoms with Gasteiger partial charge in [0.05, 0.1) is 34.4 Å². The maximum Gasteiger partial charge on any atom is 0.306 e. The SMILES string of the molecule is CCCCC/C=C\C/C=C\CCCCCCCCCCCCOCC(COP(=O)([O-])OCC[N+](C)(C)C)OC(=O)CCCCCCC/C=C\C/C=C\CCCCCC. The minimum atomic E-state index is -4.53. The first-order valence-corrected chi connectivity index (χ1v) is 25.3. The number of nitrogens with zero attached hydrogens (tertiary/aromatic N) is 1. The molecule has 0 aliphatic heterocycles. The van der Waals surface area contributed by atoms with Crippen LogP contribution in [0.25, 0.3) is 0 Å². The second-order valence-corrected chi connectivity index (χ2v) is 18.5. The minimum Gasteiger partial charge on any atom is -0.756 e. The van der Waals surface area contributed by atoms with Crippen molar-refractivity contribution in [3.8, 4) is 0 Å². The van der Waals surface area contributed by atoms with E-state index < -0.39 is 13.9 Å². The normalized spacial score (nSPS) is 14.1. The molecule has 0 fully saturated rings. The van der Waals surface area contributed by atoms with Crippen LogP contribution in [0.1, 0.15) is 200 Å². The highest BCUT2D eigenvalue weighted by Gasteiger charge is 2.20. The summed E-state index contributed by atoms with van der Waals surface area (Å²) in [5.74, 6) is -0.349. The Morgan fingerprint density at radius 1 is 0.534 bits per heavy atom. The van der Waals surface area contributed by atoms with E-state index in [2.05, 4.69) is 62.5 Å². The Kier molecular flexibility index (Phi) is 41.0. The summed E-state index contributed by atoms with van der Waals surface area (Å²) in [6.07, 6.45) is 51.2. The van der Waals surface area contributed by atoms with E-state index >= 15 is 0 Å². The zero-order valence-electron chi connectivity index (χ0n) is 38.5. The maximum absolute atomic E-state index is 12.7. The third-order valence-corrected chi connectivity index (χ3v) is 11.1. The largest absolute Gasteiger partial charge is 0.756 e. The van der Waals surface area contributed by atoms with Gasteiger partial charge in [-0.15, -0.1) is 0 Å². The second kappa shape index (κ2) is 42.2. The molecular weight excluding hydrogens is 746 g/mol. The van der Waals surface area contributed by atoms with Crippen LogP contribution in [0, 0.1) is 0 Å². The Labute approximate surface area is 358 Å². The molecule has 8 nitrogen and oxygen atoms in total. The van der Waals surface area contributed by atoms with Crippen molar-refractivity contribution < 1.29 is 37.3 Å². The van der Waals surface area contributed by atoms with Crippen LogP contribution in [0.4, 0.5) is 0 Å². The number of phosphoric ester groups is 1. The van der Waals surface area contributed by atoms with E-state index in [-0.39, 0.29) is 25.8 Å². The number of carbonyl (C=O) groups excluding carboxylic acids is 1. The maximum atomic E-state index is 12.7. The third kappa shape index (κ3) is 45.5. The van der Waals surface area contributed by atoms with Crippen molar-refractivity contribution in [2.75, 3.05) is 54.1 Å². The number of likely N-dealkylation sites (N-methyl/N-ethyl adjacent to an activating group) is 1. The number of phosphoric acid groups is 1. The van der Waals surface area contributed by atoms with Crippen molar-refractivity contribution in [2.45, 2.75) is 206 Å². The van der Waals surface area contributed by atoms with E-state index in [1.807, 2.05) is 21.1 Å². The van der Waals surface area contributed by atoms with Crippen molar-refractivity contribution in [3.05, 3.63) is 48.6 Å². The Bertz CT molecular complexity index is 1070. The van der Waals surface area contributed by atoms with Gasteiger partial charge in [0.2, 0.25) is 0 Å². The van der Waals surface area contributed by atoms with Gasteiger partial charge in [0, 0.05) is 13.0 Å². The van der Waals surface area contributed by atoms with Crippen molar-refractivity contribution in [3.63, 3.8) is 0 Å². The van der Waals surface area contributed by atoms with Gasteiger partial charge in [-0.05, 0) is 77.0 Å². The molecule has 2 atom stereocenters. The molecule has 0 heterocycles. The van der Waals surface area contributed by atoms with E-state index in [1.165, 1.54) is 116 Å². The highest BCUT2D eigenvalue weighted by Crippen LogP contribution is 2.38. The lowest BCUT2D eigenvalue weighted by Crippen LogP contribution is -2.37. The zero-order chi connectivity index (χ0) is 42.7. The Hall–Kier alpha value is -1.54. The zero-order valence-corrected chi connectivity index (χ0v) is 39.4. The van der Waals surface area contributed by atoms with E-state index in [0.29, 0.717) is 24.1 Å². The molecule has 0 N–H and O–H groups in total. The highest BCUT2D eigenvalue weighted by molar-refractivity contribution is 7.45. The fourth-order valence-corrected chi connectivity index (χ4v) is 7.10. The van der Waals surface area contributed by atoms with Crippen molar-refractivity contribution in [1.82, 2.24) is 0 Å². The molecule has 0 aliphatic carbocycles. The lowest BCUT2D eigenvalue weighted by Gasteiger charge is -2.28. The first-order chi connectivity index (χ1) is 28.1. The summed E-state index contributed by atoms with van der Waals surface area (Å²) in [5, 5.41) is 0. The Morgan fingerprint density at radius 2 is 0.948 bits per heavy atom. The van der Waals surface area contributed by atoms with Gasteiger partial charge < -0.3 is 27.9 Å². The van der Waals surface area contributed by atoms with Crippen LogP contribution in [-0.4, -0.2) is 70.7 Å². The lowest BCUT2D eigenvalue weighted by molar-refractivity contribution is -0.870. The predicted octanol–water partition coefficient (Wildman–Crippen LogP) is 13.7. The summed E-state index contributed by atoms with van der Waals surface area (Å²) in [7, 11) is 1.34. The van der Waals surface area contributed by atoms with E-state index in [4.69, 9.17) is 18.5 Å². The van der Waals surface area contributed by atoms with Crippen LogP contribution in [-0.2, 0) is 27.9 Å². The highest BCUT2D eigenvalue weighted by atomic mass is 31.2. The van der Waals surface area contributed by atoms with Gasteiger partial charge in [0.1, 0.15) is 19.3 Å². The standard InChI is InChI=1S/C49H92NO7P/c1-6-8-10-12-14-16-18-20-22-24-25-26-27-29-31-33-35-37-39-41-44-54-46-48(47-56-58(52,53)55-45-43-50(3,4)5)57-49(51)42-40-38-36-34-32-30-28-23-21-19-17-15-13-11-9-7-2/h14,16-17,19-20,22-23,28,48H,6-13,15,18,21,24-27,29-47H2,1-5H3/b16-14-,19-17-,22-20-,28-23-. The van der Waals surface area contributed by atoms with Crippen LogP contribution in [0.2, 0.25) is 0 Å². The molecule has 0 rings (SSSR count). The van der Waals surface area contributed by atoms with Gasteiger partial charge >= 0.3 is 5.97 Å². The van der Waals surface area contributed by atoms with Gasteiger partial charge in [-0.1, -0.05) is 165 Å². The average Bonchev–Trinajstić information content (AvgIpc) is 3.18. The van der Waals surface area contributed by atoms with Gasteiger partial charge in [-0.25, -0.2) is 0 Å². The van der Waals surface area contributed by atoms with Gasteiger partial charge in [0.15, 0.2) is 0 Å². The quantitative estimate of drug-likeness (QED) is 0.0198. The number of hydrogen-bond donors (Lipinski definition) is 0. The lowest BCUT2D eigenvalue weighted by atomic mass is 10.1. The number of carbonyl (C=O) groups is 1. The number of ether oxygens (including phenoxy) is 2. The monoisotopic (exact) mass is 838 g/mol. The predicted molar refractivity (Wildman–Crippen MR) is 245 cm³/mol. The molecular formula is C49H92NO7P. The van der Waals surface area contributed by atoms with Gasteiger partial charge in [0.25, 0.3) is 7.82 Å². The number of hydrogen-bond acceptors (Lipinski definition) is 7.